The maximum absolute atomic E-state index is 14.0. The van der Waals surface area contributed by atoms with Crippen molar-refractivity contribution in [1.82, 2.24) is 14.7 Å². The summed E-state index contributed by atoms with van der Waals surface area (Å²) < 4.78 is 7.66. The first-order valence-electron chi connectivity index (χ1n) is 13.9. The zero-order valence-electron chi connectivity index (χ0n) is 24.3. The molecule has 2 heterocycles. The van der Waals surface area contributed by atoms with Crippen LogP contribution in [-0.2, 0) is 9.59 Å². The molecule has 1 atom stereocenters. The average Bonchev–Trinajstić information content (AvgIpc) is 3.39. The minimum Gasteiger partial charge on any atom is -0.491 e. The van der Waals surface area contributed by atoms with Crippen LogP contribution in [0.15, 0.2) is 102 Å². The Balaban J connectivity index is 1.68. The van der Waals surface area contributed by atoms with Crippen molar-refractivity contribution in [2.75, 3.05) is 0 Å². The normalized spacial score (nSPS) is 15.4. The molecule has 0 bridgehead atoms. The second-order valence-electron chi connectivity index (χ2n) is 10.6. The van der Waals surface area contributed by atoms with Crippen molar-refractivity contribution in [3.8, 4) is 28.8 Å². The molecule has 1 aliphatic rings. The van der Waals surface area contributed by atoms with Gasteiger partial charge in [-0.2, -0.15) is 10.4 Å². The highest BCUT2D eigenvalue weighted by atomic mass is 16.5. The van der Waals surface area contributed by atoms with Gasteiger partial charge in [-0.25, -0.2) is 4.68 Å². The summed E-state index contributed by atoms with van der Waals surface area (Å²) in [6.07, 6.45) is 3.65. The zero-order chi connectivity index (χ0) is 30.0. The molecule has 4 aromatic rings. The molecule has 0 aliphatic carbocycles. The van der Waals surface area contributed by atoms with Gasteiger partial charge in [0.05, 0.1) is 17.8 Å². The Morgan fingerprint density at radius 1 is 0.905 bits per heavy atom. The van der Waals surface area contributed by atoms with E-state index in [4.69, 9.17) is 9.84 Å². The minimum atomic E-state index is -0.592. The lowest BCUT2D eigenvalue weighted by Crippen LogP contribution is -2.44. The molecule has 0 saturated heterocycles. The van der Waals surface area contributed by atoms with Crippen LogP contribution in [0, 0.1) is 18.3 Å². The fraction of sp³-hybridized carbons (Fsp3) is 0.200. The van der Waals surface area contributed by atoms with Crippen molar-refractivity contribution >= 4 is 17.9 Å². The zero-order valence-corrected chi connectivity index (χ0v) is 24.3. The summed E-state index contributed by atoms with van der Waals surface area (Å²) in [6, 6.07) is 26.4. The smallest absolute Gasteiger partial charge is 0.272 e. The number of carbonyl (C=O) groups excluding carboxylic acids is 2. The fourth-order valence-electron chi connectivity index (χ4n) is 5.15. The van der Waals surface area contributed by atoms with Gasteiger partial charge in [-0.15, -0.1) is 0 Å². The number of para-hydroxylation sites is 1. The van der Waals surface area contributed by atoms with Crippen molar-refractivity contribution in [1.29, 1.82) is 5.26 Å². The molecule has 2 amide bonds. The summed E-state index contributed by atoms with van der Waals surface area (Å²) in [5, 5.41) is 14.9. The molecule has 210 valence electrons. The number of benzene rings is 3. The predicted octanol–water partition coefficient (Wildman–Crippen LogP) is 6.99. The van der Waals surface area contributed by atoms with Gasteiger partial charge in [0.15, 0.2) is 0 Å². The molecule has 5 rings (SSSR count). The van der Waals surface area contributed by atoms with Gasteiger partial charge < -0.3 is 4.74 Å². The quantitative estimate of drug-likeness (QED) is 0.181. The van der Waals surface area contributed by atoms with E-state index < -0.39 is 17.9 Å². The van der Waals surface area contributed by atoms with E-state index >= 15 is 0 Å². The largest absolute Gasteiger partial charge is 0.491 e. The molecule has 3 aromatic carbocycles. The Kier molecular flexibility index (Phi) is 7.90. The van der Waals surface area contributed by atoms with E-state index in [1.54, 1.807) is 24.6 Å². The van der Waals surface area contributed by atoms with E-state index in [1.165, 1.54) is 4.90 Å². The lowest BCUT2D eigenvalue weighted by Gasteiger charge is -2.32. The van der Waals surface area contributed by atoms with E-state index in [0.29, 0.717) is 16.8 Å². The molecule has 1 aromatic heterocycles. The van der Waals surface area contributed by atoms with Gasteiger partial charge in [0, 0.05) is 22.9 Å². The van der Waals surface area contributed by atoms with Crippen molar-refractivity contribution in [3.05, 3.63) is 118 Å². The number of nitriles is 1. The highest BCUT2D eigenvalue weighted by Crippen LogP contribution is 2.36. The molecule has 0 radical (unpaired) electrons. The number of aromatic nitrogens is 2. The maximum atomic E-state index is 14.0. The standard InChI is InChI=1S/C35H32N4O3/c1-22(2)42-29-16-17-30(23(3)18-29)33-27(21-38(37-33)28-14-10-7-11-15-28)19-31-24(4)32(20-36)35(41)39(34(31)40)25(5)26-12-8-6-9-13-26/h6-19,21-22,25H,1-5H3/b31-19+. The first-order chi connectivity index (χ1) is 20.2. The molecule has 0 saturated carbocycles. The Hall–Kier alpha value is -5.22. The average molecular weight is 557 g/mol. The highest BCUT2D eigenvalue weighted by Gasteiger charge is 2.39. The third-order valence-corrected chi connectivity index (χ3v) is 7.33. The molecule has 0 N–H and O–H groups in total. The van der Waals surface area contributed by atoms with Gasteiger partial charge in [-0.1, -0.05) is 48.5 Å². The first kappa shape index (κ1) is 28.3. The molecule has 42 heavy (non-hydrogen) atoms. The van der Waals surface area contributed by atoms with Gasteiger partial charge in [0.1, 0.15) is 23.1 Å². The molecule has 0 spiro atoms. The molecule has 0 fully saturated rings. The van der Waals surface area contributed by atoms with Crippen LogP contribution in [0.2, 0.25) is 0 Å². The van der Waals surface area contributed by atoms with Gasteiger partial charge in [-0.05, 0) is 87.7 Å². The summed E-state index contributed by atoms with van der Waals surface area (Å²) >= 11 is 0. The molecule has 1 aliphatic heterocycles. The summed E-state index contributed by atoms with van der Waals surface area (Å²) in [5.41, 5.74) is 5.42. The van der Waals surface area contributed by atoms with Crippen LogP contribution < -0.4 is 4.74 Å². The number of rotatable bonds is 7. The van der Waals surface area contributed by atoms with Crippen LogP contribution in [0.4, 0.5) is 0 Å². The summed E-state index contributed by atoms with van der Waals surface area (Å²) in [7, 11) is 0. The summed E-state index contributed by atoms with van der Waals surface area (Å²) in [4.78, 5) is 28.6. The Bertz CT molecular complexity index is 1760. The number of hydrogen-bond donors (Lipinski definition) is 0. The highest BCUT2D eigenvalue weighted by molar-refractivity contribution is 6.20. The molecular formula is C35H32N4O3. The number of aryl methyl sites for hydroxylation is 1. The Morgan fingerprint density at radius 2 is 1.57 bits per heavy atom. The van der Waals surface area contributed by atoms with Gasteiger partial charge >= 0.3 is 0 Å². The molecule has 1 unspecified atom stereocenters. The van der Waals surface area contributed by atoms with Gasteiger partial charge in [0.2, 0.25) is 0 Å². The van der Waals surface area contributed by atoms with Crippen molar-refractivity contribution in [2.45, 2.75) is 46.8 Å². The van der Waals surface area contributed by atoms with Gasteiger partial charge in [-0.3, -0.25) is 14.5 Å². The number of imide groups is 1. The van der Waals surface area contributed by atoms with Crippen LogP contribution in [0.5, 0.6) is 5.75 Å². The van der Waals surface area contributed by atoms with E-state index in [9.17, 15) is 14.9 Å². The molecule has 7 nitrogen and oxygen atoms in total. The van der Waals surface area contributed by atoms with E-state index in [-0.39, 0.29) is 17.3 Å². The fourth-order valence-corrected chi connectivity index (χ4v) is 5.15. The van der Waals surface area contributed by atoms with Crippen LogP contribution in [0.3, 0.4) is 0 Å². The summed E-state index contributed by atoms with van der Waals surface area (Å²) in [5.74, 6) is -0.286. The third kappa shape index (κ3) is 5.39. The minimum absolute atomic E-state index is 0.0400. The van der Waals surface area contributed by atoms with Crippen molar-refractivity contribution in [3.63, 3.8) is 0 Å². The predicted molar refractivity (Wildman–Crippen MR) is 163 cm³/mol. The van der Waals surface area contributed by atoms with Gasteiger partial charge in [0.25, 0.3) is 11.8 Å². The Labute approximate surface area is 246 Å². The van der Waals surface area contributed by atoms with E-state index in [2.05, 4.69) is 0 Å². The number of nitrogens with zero attached hydrogens (tertiary/aromatic N) is 4. The first-order valence-corrected chi connectivity index (χ1v) is 13.9. The second kappa shape index (κ2) is 11.7. The lowest BCUT2D eigenvalue weighted by molar-refractivity contribution is -0.143. The molecular weight excluding hydrogens is 524 g/mol. The summed E-state index contributed by atoms with van der Waals surface area (Å²) in [6.45, 7) is 9.40. The second-order valence-corrected chi connectivity index (χ2v) is 10.6. The van der Waals surface area contributed by atoms with Crippen LogP contribution >= 0.6 is 0 Å². The van der Waals surface area contributed by atoms with E-state index in [1.807, 2.05) is 112 Å². The molecule has 7 heteroatoms. The number of ether oxygens (including phenoxy) is 1. The topological polar surface area (TPSA) is 88.2 Å². The number of amides is 2. The number of carbonyl (C=O) groups is 2. The number of hydrogen-bond acceptors (Lipinski definition) is 5. The lowest BCUT2D eigenvalue weighted by atomic mass is 9.91. The maximum Gasteiger partial charge on any atom is 0.272 e. The van der Waals surface area contributed by atoms with E-state index in [0.717, 1.165) is 28.1 Å². The van der Waals surface area contributed by atoms with Crippen molar-refractivity contribution in [2.24, 2.45) is 0 Å². The van der Waals surface area contributed by atoms with Crippen molar-refractivity contribution < 1.29 is 14.3 Å². The third-order valence-electron chi connectivity index (χ3n) is 7.33. The van der Waals surface area contributed by atoms with Crippen LogP contribution in [0.1, 0.15) is 50.4 Å². The van der Waals surface area contributed by atoms with Crippen LogP contribution in [0.25, 0.3) is 23.0 Å². The monoisotopic (exact) mass is 556 g/mol. The Morgan fingerprint density at radius 3 is 2.19 bits per heavy atom. The SMILES string of the molecule is CC1=C(C#N)C(=O)N(C(C)c2ccccc2)C(=O)/C1=C/c1cn(-c2ccccc2)nc1-c1ccc(OC(C)C)cc1C. The van der Waals surface area contributed by atoms with Crippen LogP contribution in [-0.4, -0.2) is 32.6 Å².